The van der Waals surface area contributed by atoms with Gasteiger partial charge in [-0.1, -0.05) is 23.8 Å². The summed E-state index contributed by atoms with van der Waals surface area (Å²) < 4.78 is 36.4. The van der Waals surface area contributed by atoms with Gasteiger partial charge in [0.25, 0.3) is 0 Å². The minimum atomic E-state index is -3.66. The highest BCUT2D eigenvalue weighted by Crippen LogP contribution is 2.30. The lowest BCUT2D eigenvalue weighted by molar-refractivity contribution is -0.122. The molecule has 2 aromatic carbocycles. The molecule has 0 unspecified atom stereocenters. The Hall–Kier alpha value is -2.74. The highest BCUT2D eigenvalue weighted by molar-refractivity contribution is 7.92. The van der Waals surface area contributed by atoms with E-state index < -0.39 is 22.0 Å². The van der Waals surface area contributed by atoms with Crippen LogP contribution in [0.4, 0.5) is 5.69 Å². The summed E-state index contributed by atoms with van der Waals surface area (Å²) in [5, 5.41) is 2.88. The maximum atomic E-state index is 12.9. The number of carbonyl (C=O) groups excluding carboxylic acids is 1. The van der Waals surface area contributed by atoms with Gasteiger partial charge in [-0.25, -0.2) is 8.42 Å². The molecule has 7 nitrogen and oxygen atoms in total. The summed E-state index contributed by atoms with van der Waals surface area (Å²) in [6, 6.07) is 11.1. The van der Waals surface area contributed by atoms with Gasteiger partial charge in [-0.05, 0) is 50.6 Å². The molecule has 0 saturated heterocycles. The van der Waals surface area contributed by atoms with Crippen molar-refractivity contribution in [1.29, 1.82) is 0 Å². The largest absolute Gasteiger partial charge is 0.493 e. The zero-order valence-corrected chi connectivity index (χ0v) is 18.4. The molecule has 0 aromatic heterocycles. The Morgan fingerprint density at radius 3 is 2.10 bits per heavy atom. The van der Waals surface area contributed by atoms with E-state index in [0.717, 1.165) is 21.7 Å². The first-order chi connectivity index (χ1) is 13.6. The van der Waals surface area contributed by atoms with E-state index in [0.29, 0.717) is 17.2 Å². The van der Waals surface area contributed by atoms with Gasteiger partial charge < -0.3 is 14.8 Å². The highest BCUT2D eigenvalue weighted by atomic mass is 32.2. The Morgan fingerprint density at radius 2 is 1.59 bits per heavy atom. The second-order valence-corrected chi connectivity index (χ2v) is 8.77. The molecular formula is C21H28N2O5S. The summed E-state index contributed by atoms with van der Waals surface area (Å²) >= 11 is 0. The quantitative estimate of drug-likeness (QED) is 0.710. The number of nitrogens with zero attached hydrogens (tertiary/aromatic N) is 1. The minimum Gasteiger partial charge on any atom is -0.493 e. The van der Waals surface area contributed by atoms with E-state index in [1.807, 2.05) is 32.0 Å². The van der Waals surface area contributed by atoms with E-state index in [2.05, 4.69) is 5.32 Å². The molecule has 0 aliphatic heterocycles. The fourth-order valence-corrected chi connectivity index (χ4v) is 4.21. The van der Waals surface area contributed by atoms with Gasteiger partial charge in [0, 0.05) is 0 Å². The number of aryl methyl sites for hydroxylation is 1. The third-order valence-corrected chi connectivity index (χ3v) is 5.88. The van der Waals surface area contributed by atoms with Crippen molar-refractivity contribution < 1.29 is 22.7 Å². The Labute approximate surface area is 172 Å². The third-order valence-electron chi connectivity index (χ3n) is 4.64. The summed E-state index contributed by atoms with van der Waals surface area (Å²) in [7, 11) is -0.568. The topological polar surface area (TPSA) is 84.9 Å². The Morgan fingerprint density at radius 1 is 1.00 bits per heavy atom. The van der Waals surface area contributed by atoms with Gasteiger partial charge in [-0.3, -0.25) is 9.10 Å². The summed E-state index contributed by atoms with van der Waals surface area (Å²) in [5.41, 5.74) is 2.25. The Balaban J connectivity index is 2.24. The molecule has 0 heterocycles. The lowest BCUT2D eigenvalue weighted by Crippen LogP contribution is -2.48. The molecule has 0 aliphatic rings. The van der Waals surface area contributed by atoms with Gasteiger partial charge in [0.1, 0.15) is 6.04 Å². The van der Waals surface area contributed by atoms with Gasteiger partial charge in [0.05, 0.1) is 32.2 Å². The van der Waals surface area contributed by atoms with Crippen molar-refractivity contribution >= 4 is 21.6 Å². The molecule has 0 aliphatic carbocycles. The smallest absolute Gasteiger partial charge is 0.244 e. The van der Waals surface area contributed by atoms with Crippen molar-refractivity contribution in [2.45, 2.75) is 32.9 Å². The van der Waals surface area contributed by atoms with Gasteiger partial charge in [0.2, 0.25) is 15.9 Å². The number of anilines is 1. The first kappa shape index (κ1) is 22.5. The van der Waals surface area contributed by atoms with Crippen molar-refractivity contribution in [2.24, 2.45) is 0 Å². The van der Waals surface area contributed by atoms with Crippen LogP contribution in [0.5, 0.6) is 11.5 Å². The molecule has 158 valence electrons. The molecule has 0 bridgehead atoms. The zero-order chi connectivity index (χ0) is 21.8. The number of rotatable bonds is 8. The predicted octanol–water partition coefficient (Wildman–Crippen LogP) is 3.04. The van der Waals surface area contributed by atoms with Gasteiger partial charge in [-0.2, -0.15) is 0 Å². The molecule has 0 spiro atoms. The molecule has 2 aromatic rings. The first-order valence-electron chi connectivity index (χ1n) is 9.16. The third kappa shape index (κ3) is 5.41. The molecule has 29 heavy (non-hydrogen) atoms. The Kier molecular flexibility index (Phi) is 7.13. The molecule has 8 heteroatoms. The van der Waals surface area contributed by atoms with E-state index in [4.69, 9.17) is 9.47 Å². The number of amides is 1. The fourth-order valence-electron chi connectivity index (χ4n) is 3.04. The maximum Gasteiger partial charge on any atom is 0.244 e. The standard InChI is InChI=1S/C21H28N2O5S/c1-14-7-10-18(11-8-14)23(29(6,25)26)16(3)21(24)22-15(2)17-9-12-19(27-4)20(13-17)28-5/h7-13,15-16H,1-6H3,(H,22,24)/t15-,16+/m1/s1. The second-order valence-electron chi connectivity index (χ2n) is 6.92. The number of hydrogen-bond donors (Lipinski definition) is 1. The SMILES string of the molecule is COc1ccc([C@@H](C)NC(=O)[C@H](C)N(c2ccc(C)cc2)S(C)(=O)=O)cc1OC. The van der Waals surface area contributed by atoms with Gasteiger partial charge in [-0.15, -0.1) is 0 Å². The van der Waals surface area contributed by atoms with Crippen LogP contribution >= 0.6 is 0 Å². The average Bonchev–Trinajstić information content (AvgIpc) is 2.67. The van der Waals surface area contributed by atoms with Crippen molar-refractivity contribution in [3.05, 3.63) is 53.6 Å². The van der Waals surface area contributed by atoms with E-state index in [1.165, 1.54) is 0 Å². The minimum absolute atomic E-state index is 0.357. The normalized spacial score (nSPS) is 13.3. The molecule has 1 amide bonds. The number of benzene rings is 2. The van der Waals surface area contributed by atoms with Gasteiger partial charge in [0.15, 0.2) is 11.5 Å². The van der Waals surface area contributed by atoms with Crippen LogP contribution in [-0.2, 0) is 14.8 Å². The number of nitrogens with one attached hydrogen (secondary N) is 1. The highest BCUT2D eigenvalue weighted by Gasteiger charge is 2.30. The molecular weight excluding hydrogens is 392 g/mol. The summed E-state index contributed by atoms with van der Waals surface area (Å²) in [5.74, 6) is 0.737. The van der Waals surface area contributed by atoms with Crippen LogP contribution in [0, 0.1) is 6.92 Å². The van der Waals surface area contributed by atoms with E-state index >= 15 is 0 Å². The first-order valence-corrected chi connectivity index (χ1v) is 11.0. The average molecular weight is 421 g/mol. The number of carbonyl (C=O) groups is 1. The van der Waals surface area contributed by atoms with Crippen molar-refractivity contribution in [3.63, 3.8) is 0 Å². The number of ether oxygens (including phenoxy) is 2. The lowest BCUT2D eigenvalue weighted by Gasteiger charge is -2.29. The molecule has 0 fully saturated rings. The van der Waals surface area contributed by atoms with E-state index in [-0.39, 0.29) is 6.04 Å². The lowest BCUT2D eigenvalue weighted by atomic mass is 10.1. The molecule has 2 atom stereocenters. The van der Waals surface area contributed by atoms with E-state index in [1.54, 1.807) is 45.4 Å². The van der Waals surface area contributed by atoms with Crippen LogP contribution in [0.1, 0.15) is 31.0 Å². The Bertz CT molecular complexity index is 958. The van der Waals surface area contributed by atoms with Crippen molar-refractivity contribution in [2.75, 3.05) is 24.8 Å². The maximum absolute atomic E-state index is 12.9. The van der Waals surface area contributed by atoms with E-state index in [9.17, 15) is 13.2 Å². The van der Waals surface area contributed by atoms with Crippen molar-refractivity contribution in [1.82, 2.24) is 5.32 Å². The summed E-state index contributed by atoms with van der Waals surface area (Å²) in [6.45, 7) is 5.30. The van der Waals surface area contributed by atoms with Crippen LogP contribution in [0.15, 0.2) is 42.5 Å². The molecule has 0 radical (unpaired) electrons. The van der Waals surface area contributed by atoms with Gasteiger partial charge >= 0.3 is 0 Å². The number of methoxy groups -OCH3 is 2. The van der Waals surface area contributed by atoms with Crippen molar-refractivity contribution in [3.8, 4) is 11.5 Å². The zero-order valence-electron chi connectivity index (χ0n) is 17.6. The number of sulfonamides is 1. The summed E-state index contributed by atoms with van der Waals surface area (Å²) in [6.07, 6.45) is 1.09. The molecule has 0 saturated carbocycles. The van der Waals surface area contributed by atoms with Crippen LogP contribution in [0.3, 0.4) is 0 Å². The summed E-state index contributed by atoms with van der Waals surface area (Å²) in [4.78, 5) is 12.9. The van der Waals surface area contributed by atoms with Crippen LogP contribution in [0.25, 0.3) is 0 Å². The number of hydrogen-bond acceptors (Lipinski definition) is 5. The second kappa shape index (κ2) is 9.17. The molecule has 1 N–H and O–H groups in total. The van der Waals surface area contributed by atoms with Crippen LogP contribution < -0.4 is 19.1 Å². The van der Waals surface area contributed by atoms with Crippen LogP contribution in [0.2, 0.25) is 0 Å². The van der Waals surface area contributed by atoms with Crippen LogP contribution in [-0.4, -0.2) is 40.8 Å². The predicted molar refractivity (Wildman–Crippen MR) is 114 cm³/mol. The molecule has 2 rings (SSSR count). The monoisotopic (exact) mass is 420 g/mol. The fraction of sp³-hybridized carbons (Fsp3) is 0.381.